The summed E-state index contributed by atoms with van der Waals surface area (Å²) in [6, 6.07) is 0. The summed E-state index contributed by atoms with van der Waals surface area (Å²) < 4.78 is 15.8. The van der Waals surface area contributed by atoms with E-state index >= 15 is 0 Å². The maximum atomic E-state index is 10.2. The van der Waals surface area contributed by atoms with Crippen LogP contribution in [0.5, 0.6) is 0 Å². The molecule has 1 atom stereocenters. The zero-order valence-corrected chi connectivity index (χ0v) is 16.5. The van der Waals surface area contributed by atoms with Gasteiger partial charge in [0.15, 0.2) is 0 Å². The van der Waals surface area contributed by atoms with Gasteiger partial charge in [0.1, 0.15) is 0 Å². The Morgan fingerprint density at radius 3 is 2.00 bits per heavy atom. The first kappa shape index (κ1) is 15.0. The number of ether oxygens (including phenoxy) is 1. The predicted octanol–water partition coefficient (Wildman–Crippen LogP) is 0.338. The molecule has 0 bridgehead atoms. The van der Waals surface area contributed by atoms with Crippen LogP contribution in [0.3, 0.4) is 0 Å². The van der Waals surface area contributed by atoms with E-state index in [1.165, 1.54) is 0 Å². The van der Waals surface area contributed by atoms with Crippen molar-refractivity contribution in [3.63, 3.8) is 0 Å². The molecule has 74 valence electrons. The van der Waals surface area contributed by atoms with Gasteiger partial charge < -0.3 is 0 Å². The topological polar surface area (TPSA) is 78.3 Å². The molecule has 0 fully saturated rings. The van der Waals surface area contributed by atoms with Gasteiger partial charge in [0, 0.05) is 0 Å². The quantitative estimate of drug-likeness (QED) is 0.241. The minimum absolute atomic E-state index is 0.346. The molecule has 0 aromatic carbocycles. The summed E-state index contributed by atoms with van der Waals surface area (Å²) in [6.07, 6.45) is 0. The molecule has 0 saturated heterocycles. The van der Waals surface area contributed by atoms with Crippen LogP contribution in [0.4, 0.5) is 0 Å². The van der Waals surface area contributed by atoms with Crippen LogP contribution in [0.25, 0.3) is 0 Å². The molecule has 0 spiro atoms. The Kier molecular flexibility index (Phi) is 6.87. The number of thiol groups is 4. The Morgan fingerprint density at radius 1 is 1.31 bits per heavy atom. The first-order chi connectivity index (χ1) is 5.67. The molecule has 4 N–H and O–H groups in total. The summed E-state index contributed by atoms with van der Waals surface area (Å²) in [5, 5.41) is 0.442. The van der Waals surface area contributed by atoms with Gasteiger partial charge in [-0.1, -0.05) is 0 Å². The van der Waals surface area contributed by atoms with Crippen LogP contribution in [0.15, 0.2) is 0 Å². The number of carbonyl (C=O) groups is 1. The van der Waals surface area contributed by atoms with Crippen LogP contribution < -0.4 is 8.95 Å². The van der Waals surface area contributed by atoms with Gasteiger partial charge in [-0.25, -0.2) is 0 Å². The fourth-order valence-electron chi connectivity index (χ4n) is 1.06. The molecule has 0 aliphatic rings. The summed E-state index contributed by atoms with van der Waals surface area (Å²) in [7, 11) is 16.8. The molecule has 10 heteroatoms. The van der Waals surface area contributed by atoms with Gasteiger partial charge in [-0.3, -0.25) is 0 Å². The Balaban J connectivity index is 4.35. The average molecular weight is 367 g/mol. The van der Waals surface area contributed by atoms with E-state index in [0.29, 0.717) is 11.5 Å². The molecule has 0 amide bonds. The van der Waals surface area contributed by atoms with E-state index in [0.717, 1.165) is 0 Å². The summed E-state index contributed by atoms with van der Waals surface area (Å²) in [4.78, 5) is 10.2. The Bertz CT molecular complexity index is 181. The molecular weight excluding hydrogens is 355 g/mol. The van der Waals surface area contributed by atoms with E-state index in [4.69, 9.17) is 13.7 Å². The third-order valence-corrected chi connectivity index (χ3v) is 19.4. The molecule has 0 aliphatic heterocycles. The van der Waals surface area contributed by atoms with Crippen LogP contribution in [-0.2, 0) is 34.7 Å². The predicted molar refractivity (Wildman–Crippen MR) is 60.1 cm³/mol. The molecule has 0 aromatic heterocycles. The zero-order valence-electron chi connectivity index (χ0n) is 7.04. The van der Waals surface area contributed by atoms with Gasteiger partial charge in [0.05, 0.1) is 0 Å². The Hall–Kier alpha value is 2.04. The fraction of sp³-hybridized carbons (Fsp3) is 0.667. The second kappa shape index (κ2) is 5.94. The maximum absolute atomic E-state index is 10.2. The van der Waals surface area contributed by atoms with E-state index in [-0.39, 0.29) is 0 Å². The molecule has 0 rings (SSSR count). The van der Waals surface area contributed by atoms with Gasteiger partial charge in [-0.2, -0.15) is 0 Å². The van der Waals surface area contributed by atoms with E-state index in [1.54, 1.807) is 0 Å². The zero-order chi connectivity index (χ0) is 10.7. The van der Waals surface area contributed by atoms with Gasteiger partial charge in [0.2, 0.25) is 0 Å². The summed E-state index contributed by atoms with van der Waals surface area (Å²) in [5.41, 5.74) is 0. The third kappa shape index (κ3) is 7.91. The van der Waals surface area contributed by atoms with Gasteiger partial charge in [-0.05, 0) is 0 Å². The SMILES string of the molecule is [NH2][Zn]([SH])([SH])[CH2][CH](OC=O)[Zn]([NH2])([SH])[SH]. The normalized spacial score (nSPS) is 12.8. The number of nitrogens with two attached hydrogens (primary N) is 2. The minimum atomic E-state index is -3.41. The molecule has 0 saturated carbocycles. The van der Waals surface area contributed by atoms with Crippen molar-refractivity contribution in [2.75, 3.05) is 0 Å². The van der Waals surface area contributed by atoms with E-state index in [2.05, 4.69) is 42.5 Å². The van der Waals surface area contributed by atoms with E-state index in [9.17, 15) is 4.79 Å². The van der Waals surface area contributed by atoms with Gasteiger partial charge in [-0.15, -0.1) is 0 Å². The van der Waals surface area contributed by atoms with Gasteiger partial charge in [0.25, 0.3) is 0 Å². The second-order valence-electron chi connectivity index (χ2n) is 3.49. The monoisotopic (exact) mass is 364 g/mol. The van der Waals surface area contributed by atoms with Crippen molar-refractivity contribution < 1.29 is 34.7 Å². The number of rotatable bonds is 5. The Morgan fingerprint density at radius 2 is 1.77 bits per heavy atom. The first-order valence-electron chi connectivity index (χ1n) is 4.11. The number of hydrogen-bond acceptors (Lipinski definition) is 8. The molecule has 0 radical (unpaired) electrons. The molecule has 4 nitrogen and oxygen atoms in total. The number of carbonyl (C=O) groups excluding carboxylic acids is 1. The molecular formula is C3H12N2O2S4Zn2. The standard InChI is InChI=1S/C3H4O2.2H2N.4H2S.2Zn/c1-2-5-3-4;;;;;;;;/h2-3H,1H2;6*1H2;;/q;2*-1;;;;;2*+3/p-4. The van der Waals surface area contributed by atoms with Crippen molar-refractivity contribution in [3.05, 3.63) is 0 Å². The van der Waals surface area contributed by atoms with Crippen molar-refractivity contribution in [1.29, 1.82) is 0 Å². The van der Waals surface area contributed by atoms with Crippen LogP contribution in [-0.4, -0.2) is 11.2 Å². The summed E-state index contributed by atoms with van der Waals surface area (Å²) in [5.74, 6) is 0. The molecule has 0 heterocycles. The van der Waals surface area contributed by atoms with Crippen molar-refractivity contribution in [1.82, 2.24) is 0 Å². The average Bonchev–Trinajstić information content (AvgIpc) is 1.81. The summed E-state index contributed by atoms with van der Waals surface area (Å²) in [6.45, 7) is 0.346. The fourth-order valence-corrected chi connectivity index (χ4v) is 40.2. The van der Waals surface area contributed by atoms with Gasteiger partial charge >= 0.3 is 102 Å². The molecule has 0 aliphatic carbocycles. The van der Waals surface area contributed by atoms with Crippen molar-refractivity contribution in [2.45, 2.75) is 9.71 Å². The van der Waals surface area contributed by atoms with Crippen LogP contribution in [0, 0.1) is 0 Å². The van der Waals surface area contributed by atoms with Crippen LogP contribution >= 0.6 is 42.5 Å². The molecule has 13 heavy (non-hydrogen) atoms. The third-order valence-electron chi connectivity index (χ3n) is 1.67. The first-order valence-corrected chi connectivity index (χ1v) is 29.8. The summed E-state index contributed by atoms with van der Waals surface area (Å²) >= 11 is -6.57. The van der Waals surface area contributed by atoms with Crippen molar-refractivity contribution in [2.24, 2.45) is 8.95 Å². The van der Waals surface area contributed by atoms with Crippen molar-refractivity contribution in [3.8, 4) is 0 Å². The van der Waals surface area contributed by atoms with Crippen LogP contribution in [0.1, 0.15) is 0 Å². The second-order valence-corrected chi connectivity index (χ2v) is 44.3. The number of hydrogen-bond donors (Lipinski definition) is 6. The van der Waals surface area contributed by atoms with E-state index < -0.39 is 29.9 Å². The van der Waals surface area contributed by atoms with Crippen LogP contribution in [0.2, 0.25) is 5.02 Å². The van der Waals surface area contributed by atoms with E-state index in [1.807, 2.05) is 0 Å². The van der Waals surface area contributed by atoms with Crippen molar-refractivity contribution >= 4 is 49.0 Å². The Labute approximate surface area is 101 Å². The molecule has 0 aromatic rings. The molecule has 1 unspecified atom stereocenters.